The molecule has 1 heterocycles. The maximum Gasteiger partial charge on any atom is 0.412 e. The van der Waals surface area contributed by atoms with Crippen LogP contribution >= 0.6 is 0 Å². The number of nitrogens with one attached hydrogen (secondary N) is 2. The number of aromatic nitrogens is 2. The minimum atomic E-state index is -1.25. The molecule has 0 unspecified atom stereocenters. The molecule has 0 aliphatic rings. The summed E-state index contributed by atoms with van der Waals surface area (Å²) in [6.45, 7) is 4.30. The van der Waals surface area contributed by atoms with Crippen LogP contribution in [0.4, 0.5) is 20.6 Å². The van der Waals surface area contributed by atoms with Gasteiger partial charge in [-0.3, -0.25) is 14.9 Å². The van der Waals surface area contributed by atoms with Crippen molar-refractivity contribution >= 4 is 35.1 Å². The van der Waals surface area contributed by atoms with E-state index in [9.17, 15) is 28.7 Å². The molecule has 0 fully saturated rings. The van der Waals surface area contributed by atoms with E-state index in [0.717, 1.165) is 0 Å². The normalized spacial score (nSPS) is 11.0. The molecule has 0 atom stereocenters. The maximum atomic E-state index is 13.7. The van der Waals surface area contributed by atoms with E-state index in [-0.39, 0.29) is 17.1 Å². The molecule has 1 aromatic heterocycles. The van der Waals surface area contributed by atoms with Crippen molar-refractivity contribution in [2.45, 2.75) is 32.8 Å². The zero-order valence-electron chi connectivity index (χ0n) is 23.6. The van der Waals surface area contributed by atoms with Gasteiger partial charge in [-0.05, 0) is 56.7 Å². The molecule has 4 aromatic rings. The minimum absolute atomic E-state index is 0.0170. The Morgan fingerprint density at radius 2 is 1.70 bits per heavy atom. The number of carboxylic acid groups (broad SMARTS) is 1. The van der Waals surface area contributed by atoms with Crippen molar-refractivity contribution in [3.8, 4) is 22.6 Å². The average molecular weight is 589 g/mol. The number of carboxylic acids is 1. The van der Waals surface area contributed by atoms with Gasteiger partial charge in [-0.15, -0.1) is 0 Å². The van der Waals surface area contributed by atoms with Crippen LogP contribution in [0.15, 0.2) is 79.4 Å². The number of amides is 2. The number of imidazole rings is 1. The molecule has 4 rings (SSSR count). The predicted octanol–water partition coefficient (Wildman–Crippen LogP) is 5.70. The van der Waals surface area contributed by atoms with E-state index in [2.05, 4.69) is 15.6 Å². The van der Waals surface area contributed by atoms with Crippen LogP contribution in [0.25, 0.3) is 16.8 Å². The third kappa shape index (κ3) is 8.49. The number of ether oxygens (including phenoxy) is 2. The Labute approximate surface area is 246 Å². The van der Waals surface area contributed by atoms with Gasteiger partial charge in [0, 0.05) is 35.3 Å². The van der Waals surface area contributed by atoms with Crippen LogP contribution < -0.4 is 15.4 Å². The van der Waals surface area contributed by atoms with Gasteiger partial charge in [0.15, 0.2) is 12.4 Å². The summed E-state index contributed by atoms with van der Waals surface area (Å²) in [7, 11) is 0. The molecule has 0 saturated carbocycles. The second-order valence-electron chi connectivity index (χ2n) is 10.4. The molecule has 0 saturated heterocycles. The van der Waals surface area contributed by atoms with E-state index in [0.29, 0.717) is 22.4 Å². The Morgan fingerprint density at radius 1 is 0.977 bits per heavy atom. The fraction of sp³-hybridized carbons (Fsp3) is 0.194. The molecule has 11 nitrogen and oxygen atoms in total. The van der Waals surface area contributed by atoms with Crippen molar-refractivity contribution in [2.24, 2.45) is 0 Å². The maximum absolute atomic E-state index is 13.7. The Hall–Kier alpha value is -5.52. The number of rotatable bonds is 10. The quantitative estimate of drug-likeness (QED) is 0.158. The van der Waals surface area contributed by atoms with E-state index in [1.807, 2.05) is 0 Å². The van der Waals surface area contributed by atoms with Gasteiger partial charge in [0.05, 0.1) is 24.1 Å². The summed E-state index contributed by atoms with van der Waals surface area (Å²) in [6, 6.07) is 14.8. The smallest absolute Gasteiger partial charge is 0.412 e. The first-order chi connectivity index (χ1) is 20.4. The number of nitrogens with zero attached hydrogens (tertiary/aromatic N) is 2. The summed E-state index contributed by atoms with van der Waals surface area (Å²) in [4.78, 5) is 54.0. The molecule has 0 aliphatic carbocycles. The first-order valence-electron chi connectivity index (χ1n) is 13.1. The number of aliphatic carboxylic acids is 1. The average Bonchev–Trinajstić information content (AvgIpc) is 3.48. The van der Waals surface area contributed by atoms with E-state index in [1.54, 1.807) is 68.3 Å². The van der Waals surface area contributed by atoms with E-state index in [4.69, 9.17) is 9.47 Å². The summed E-state index contributed by atoms with van der Waals surface area (Å²) < 4.78 is 26.2. The number of halogens is 1. The molecule has 3 aromatic carbocycles. The lowest BCUT2D eigenvalue weighted by molar-refractivity contribution is -0.139. The fourth-order valence-electron chi connectivity index (χ4n) is 4.01. The standard InChI is InChI=1S/C31H29FN4O7/c1-31(2,3)43-30(41)35-25-15-27(42-17-29(39)40)23(19-7-9-21(32)10-8-19)14-24(25)34-28(38)16-26(37)20-5-4-6-22(13-20)36-12-11-33-18-36/h4-15,18H,16-17H2,1-3H3,(H,34,38)(H,35,41)(H,39,40). The molecule has 0 bridgehead atoms. The lowest BCUT2D eigenvalue weighted by atomic mass is 10.0. The third-order valence-corrected chi connectivity index (χ3v) is 5.83. The molecule has 3 N–H and O–H groups in total. The van der Waals surface area contributed by atoms with Gasteiger partial charge in [0.2, 0.25) is 5.91 Å². The van der Waals surface area contributed by atoms with Crippen LogP contribution in [0.3, 0.4) is 0 Å². The highest BCUT2D eigenvalue weighted by molar-refractivity contribution is 6.12. The van der Waals surface area contributed by atoms with Gasteiger partial charge in [-0.1, -0.05) is 24.3 Å². The number of anilines is 2. The summed E-state index contributed by atoms with van der Waals surface area (Å²) >= 11 is 0. The molecular weight excluding hydrogens is 559 g/mol. The number of carbonyl (C=O) groups excluding carboxylic acids is 3. The predicted molar refractivity (Wildman–Crippen MR) is 156 cm³/mol. The molecule has 222 valence electrons. The number of ketones is 1. The van der Waals surface area contributed by atoms with Crippen LogP contribution in [0.1, 0.15) is 37.6 Å². The SMILES string of the molecule is CC(C)(C)OC(=O)Nc1cc(OCC(=O)O)c(-c2ccc(F)cc2)cc1NC(=O)CC(=O)c1cccc(-n2ccnc2)c1. The summed E-state index contributed by atoms with van der Waals surface area (Å²) in [5.41, 5.74) is 0.966. The van der Waals surface area contributed by atoms with Crippen molar-refractivity contribution < 1.29 is 38.1 Å². The summed E-state index contributed by atoms with van der Waals surface area (Å²) in [5.74, 6) is -2.86. The zero-order chi connectivity index (χ0) is 31.1. The van der Waals surface area contributed by atoms with Gasteiger partial charge >= 0.3 is 12.1 Å². The van der Waals surface area contributed by atoms with Crippen molar-refractivity contribution in [3.63, 3.8) is 0 Å². The van der Waals surface area contributed by atoms with Crippen molar-refractivity contribution in [2.75, 3.05) is 17.2 Å². The molecule has 0 aliphatic heterocycles. The highest BCUT2D eigenvalue weighted by Gasteiger charge is 2.22. The lowest BCUT2D eigenvalue weighted by Crippen LogP contribution is -2.28. The van der Waals surface area contributed by atoms with Crippen LogP contribution in [0.2, 0.25) is 0 Å². The number of hydrogen-bond acceptors (Lipinski definition) is 7. The highest BCUT2D eigenvalue weighted by atomic mass is 19.1. The van der Waals surface area contributed by atoms with E-state index in [1.165, 1.54) is 36.4 Å². The molecule has 12 heteroatoms. The monoisotopic (exact) mass is 588 g/mol. The van der Waals surface area contributed by atoms with Crippen molar-refractivity contribution in [1.82, 2.24) is 9.55 Å². The highest BCUT2D eigenvalue weighted by Crippen LogP contribution is 2.38. The van der Waals surface area contributed by atoms with Gasteiger partial charge in [0.25, 0.3) is 0 Å². The second kappa shape index (κ2) is 13.0. The first kappa shape index (κ1) is 30.4. The first-order valence-corrected chi connectivity index (χ1v) is 13.1. The van der Waals surface area contributed by atoms with Crippen LogP contribution in [0.5, 0.6) is 5.75 Å². The molecule has 0 radical (unpaired) electrons. The van der Waals surface area contributed by atoms with Gasteiger partial charge in [-0.25, -0.2) is 19.0 Å². The van der Waals surface area contributed by atoms with Crippen LogP contribution in [-0.2, 0) is 14.3 Å². The number of benzene rings is 3. The molecule has 2 amide bonds. The summed E-state index contributed by atoms with van der Waals surface area (Å²) in [6.07, 6.45) is 3.52. The second-order valence-corrected chi connectivity index (χ2v) is 10.4. The zero-order valence-corrected chi connectivity index (χ0v) is 23.6. The third-order valence-electron chi connectivity index (χ3n) is 5.83. The molecular formula is C31H29FN4O7. The number of Topliss-reactive ketones (excluding diaryl/α,β-unsaturated/α-hetero) is 1. The van der Waals surface area contributed by atoms with E-state index < -0.39 is 48.2 Å². The van der Waals surface area contributed by atoms with Crippen LogP contribution in [-0.4, -0.2) is 50.6 Å². The largest absolute Gasteiger partial charge is 0.481 e. The minimum Gasteiger partial charge on any atom is -0.481 e. The topological polar surface area (TPSA) is 149 Å². The summed E-state index contributed by atoms with van der Waals surface area (Å²) in [5, 5.41) is 14.4. The Balaban J connectivity index is 1.66. The van der Waals surface area contributed by atoms with Crippen molar-refractivity contribution in [3.05, 3.63) is 90.8 Å². The number of hydrogen-bond donors (Lipinski definition) is 3. The van der Waals surface area contributed by atoms with Gasteiger partial charge < -0.3 is 24.5 Å². The Kier molecular flexibility index (Phi) is 9.19. The lowest BCUT2D eigenvalue weighted by Gasteiger charge is -2.22. The van der Waals surface area contributed by atoms with Crippen LogP contribution in [0, 0.1) is 5.82 Å². The Morgan fingerprint density at radius 3 is 2.35 bits per heavy atom. The Bertz CT molecular complexity index is 1650. The number of carbonyl (C=O) groups is 4. The fourth-order valence-corrected chi connectivity index (χ4v) is 4.01. The molecule has 0 spiro atoms. The van der Waals surface area contributed by atoms with E-state index >= 15 is 0 Å². The molecule has 43 heavy (non-hydrogen) atoms. The van der Waals surface area contributed by atoms with Crippen molar-refractivity contribution in [1.29, 1.82) is 0 Å². The van der Waals surface area contributed by atoms with Gasteiger partial charge in [-0.2, -0.15) is 0 Å². The van der Waals surface area contributed by atoms with Gasteiger partial charge in [0.1, 0.15) is 17.2 Å².